The molecule has 7 heteroatoms. The lowest BCUT2D eigenvalue weighted by Crippen LogP contribution is -2.45. The molecule has 1 unspecified atom stereocenters. The second-order valence-corrected chi connectivity index (χ2v) is 6.77. The van der Waals surface area contributed by atoms with Gasteiger partial charge in [-0.2, -0.15) is 0 Å². The lowest BCUT2D eigenvalue weighted by molar-refractivity contribution is 0.163. The van der Waals surface area contributed by atoms with Crippen molar-refractivity contribution in [2.24, 2.45) is 4.99 Å². The number of nitrogens with one attached hydrogen (secondary N) is 2. The van der Waals surface area contributed by atoms with Crippen LogP contribution in [0.4, 0.5) is 0 Å². The van der Waals surface area contributed by atoms with Crippen LogP contribution in [0.2, 0.25) is 0 Å². The molecular formula is C20H34N4O3. The maximum Gasteiger partial charge on any atom is 0.203 e. The van der Waals surface area contributed by atoms with E-state index in [2.05, 4.69) is 27.4 Å². The highest BCUT2D eigenvalue weighted by Crippen LogP contribution is 2.38. The molecule has 1 heterocycles. The standard InChI is InChI=1S/C20H34N4O3/c1-15-8-6-7-10-24(15)11-9-22-20(21-2)23-14-16-12-17(25-3)19(27-5)18(13-16)26-4/h12-13,15H,6-11,14H2,1-5H3,(H2,21,22,23). The molecule has 27 heavy (non-hydrogen) atoms. The molecule has 0 radical (unpaired) electrons. The van der Waals surface area contributed by atoms with E-state index in [1.165, 1.54) is 25.8 Å². The molecule has 1 aliphatic rings. The second kappa shape index (κ2) is 10.9. The first-order valence-electron chi connectivity index (χ1n) is 9.60. The first-order valence-corrected chi connectivity index (χ1v) is 9.60. The molecule has 7 nitrogen and oxygen atoms in total. The maximum atomic E-state index is 5.41. The molecule has 0 saturated carbocycles. The summed E-state index contributed by atoms with van der Waals surface area (Å²) in [7, 11) is 6.63. The Morgan fingerprint density at radius 2 is 1.81 bits per heavy atom. The van der Waals surface area contributed by atoms with E-state index in [0.29, 0.717) is 29.8 Å². The Morgan fingerprint density at radius 1 is 1.11 bits per heavy atom. The van der Waals surface area contributed by atoms with E-state index < -0.39 is 0 Å². The zero-order chi connectivity index (χ0) is 19.6. The Hall–Kier alpha value is -2.15. The van der Waals surface area contributed by atoms with Gasteiger partial charge in [0.05, 0.1) is 21.3 Å². The minimum absolute atomic E-state index is 0.599. The topological polar surface area (TPSA) is 67.4 Å². The Balaban J connectivity index is 1.88. The van der Waals surface area contributed by atoms with E-state index >= 15 is 0 Å². The van der Waals surface area contributed by atoms with E-state index in [4.69, 9.17) is 14.2 Å². The van der Waals surface area contributed by atoms with E-state index in [1.807, 2.05) is 12.1 Å². The molecular weight excluding hydrogens is 344 g/mol. The van der Waals surface area contributed by atoms with Crippen LogP contribution in [0, 0.1) is 0 Å². The third kappa shape index (κ3) is 5.92. The maximum absolute atomic E-state index is 5.41. The van der Waals surface area contributed by atoms with E-state index in [1.54, 1.807) is 28.4 Å². The number of nitrogens with zero attached hydrogens (tertiary/aromatic N) is 2. The minimum atomic E-state index is 0.599. The first kappa shape index (κ1) is 21.2. The van der Waals surface area contributed by atoms with Gasteiger partial charge in [-0.25, -0.2) is 0 Å². The number of hydrogen-bond acceptors (Lipinski definition) is 5. The van der Waals surface area contributed by atoms with Crippen LogP contribution in [-0.2, 0) is 6.54 Å². The van der Waals surface area contributed by atoms with Gasteiger partial charge in [0.25, 0.3) is 0 Å². The van der Waals surface area contributed by atoms with Gasteiger partial charge in [0.2, 0.25) is 5.75 Å². The zero-order valence-corrected chi connectivity index (χ0v) is 17.3. The Morgan fingerprint density at radius 3 is 2.37 bits per heavy atom. The number of ether oxygens (including phenoxy) is 3. The largest absolute Gasteiger partial charge is 0.493 e. The molecule has 1 atom stereocenters. The monoisotopic (exact) mass is 378 g/mol. The molecule has 1 aromatic carbocycles. The number of rotatable bonds is 8. The smallest absolute Gasteiger partial charge is 0.203 e. The Kier molecular flexibility index (Phi) is 8.51. The summed E-state index contributed by atoms with van der Waals surface area (Å²) >= 11 is 0. The molecule has 0 bridgehead atoms. The fourth-order valence-corrected chi connectivity index (χ4v) is 3.45. The first-order chi connectivity index (χ1) is 13.1. The molecule has 0 spiro atoms. The van der Waals surface area contributed by atoms with E-state index in [9.17, 15) is 0 Å². The normalized spacial score (nSPS) is 18.1. The molecule has 2 rings (SSSR count). The van der Waals surface area contributed by atoms with Crippen LogP contribution in [0.15, 0.2) is 17.1 Å². The van der Waals surface area contributed by atoms with Crippen molar-refractivity contribution in [3.63, 3.8) is 0 Å². The van der Waals surface area contributed by atoms with Crippen molar-refractivity contribution >= 4 is 5.96 Å². The summed E-state index contributed by atoms with van der Waals surface area (Å²) in [6.07, 6.45) is 3.95. The SMILES string of the molecule is CN=C(NCCN1CCCCC1C)NCc1cc(OC)c(OC)c(OC)c1. The molecule has 1 saturated heterocycles. The summed E-state index contributed by atoms with van der Waals surface area (Å²) in [5.74, 6) is 2.68. The van der Waals surface area contributed by atoms with Crippen molar-refractivity contribution in [3.8, 4) is 17.2 Å². The number of hydrogen-bond donors (Lipinski definition) is 2. The summed E-state index contributed by atoms with van der Waals surface area (Å²) in [5, 5.41) is 6.74. The van der Waals surface area contributed by atoms with Gasteiger partial charge in [0.1, 0.15) is 0 Å². The summed E-state index contributed by atoms with van der Waals surface area (Å²) in [5.41, 5.74) is 1.03. The number of piperidine rings is 1. The molecule has 152 valence electrons. The van der Waals surface area contributed by atoms with Gasteiger partial charge in [-0.3, -0.25) is 9.89 Å². The number of aliphatic imine (C=N–C) groups is 1. The molecule has 0 aromatic heterocycles. The Labute approximate surface area is 163 Å². The van der Waals surface area contributed by atoms with Crippen LogP contribution in [0.3, 0.4) is 0 Å². The minimum Gasteiger partial charge on any atom is -0.493 e. The van der Waals surface area contributed by atoms with Crippen LogP contribution < -0.4 is 24.8 Å². The molecule has 1 fully saturated rings. The lowest BCUT2D eigenvalue weighted by Gasteiger charge is -2.33. The average molecular weight is 379 g/mol. The highest BCUT2D eigenvalue weighted by molar-refractivity contribution is 5.79. The van der Waals surface area contributed by atoms with E-state index in [-0.39, 0.29) is 0 Å². The molecule has 1 aliphatic heterocycles. The molecule has 1 aromatic rings. The van der Waals surface area contributed by atoms with Crippen molar-refractivity contribution < 1.29 is 14.2 Å². The van der Waals surface area contributed by atoms with E-state index in [0.717, 1.165) is 24.6 Å². The average Bonchev–Trinajstić information content (AvgIpc) is 2.70. The van der Waals surface area contributed by atoms with Crippen molar-refractivity contribution in [2.45, 2.75) is 38.8 Å². The van der Waals surface area contributed by atoms with Gasteiger partial charge < -0.3 is 24.8 Å². The molecule has 0 aliphatic carbocycles. The lowest BCUT2D eigenvalue weighted by atomic mass is 10.0. The molecule has 2 N–H and O–H groups in total. The predicted molar refractivity (Wildman–Crippen MR) is 109 cm³/mol. The number of likely N-dealkylation sites (tertiary alicyclic amines) is 1. The summed E-state index contributed by atoms with van der Waals surface area (Å²) < 4.78 is 16.2. The predicted octanol–water partition coefficient (Wildman–Crippen LogP) is 2.25. The van der Waals surface area contributed by atoms with Crippen molar-refractivity contribution in [1.29, 1.82) is 0 Å². The summed E-state index contributed by atoms with van der Waals surface area (Å²) in [6, 6.07) is 4.56. The van der Waals surface area contributed by atoms with Crippen LogP contribution in [0.5, 0.6) is 17.2 Å². The quantitative estimate of drug-likeness (QED) is 0.534. The fourth-order valence-electron chi connectivity index (χ4n) is 3.45. The zero-order valence-electron chi connectivity index (χ0n) is 17.3. The van der Waals surface area contributed by atoms with Gasteiger partial charge in [-0.05, 0) is 44.0 Å². The number of benzene rings is 1. The van der Waals surface area contributed by atoms with Crippen LogP contribution in [0.25, 0.3) is 0 Å². The van der Waals surface area contributed by atoms with Crippen LogP contribution in [-0.4, -0.2) is 64.9 Å². The van der Waals surface area contributed by atoms with Gasteiger partial charge in [0, 0.05) is 32.7 Å². The van der Waals surface area contributed by atoms with Crippen molar-refractivity contribution in [3.05, 3.63) is 17.7 Å². The third-order valence-electron chi connectivity index (χ3n) is 5.04. The van der Waals surface area contributed by atoms with Gasteiger partial charge in [0.15, 0.2) is 17.5 Å². The van der Waals surface area contributed by atoms with Crippen LogP contribution >= 0.6 is 0 Å². The van der Waals surface area contributed by atoms with Gasteiger partial charge in [-0.15, -0.1) is 0 Å². The number of methoxy groups -OCH3 is 3. The van der Waals surface area contributed by atoms with Gasteiger partial charge in [-0.1, -0.05) is 6.42 Å². The van der Waals surface area contributed by atoms with Gasteiger partial charge >= 0.3 is 0 Å². The summed E-state index contributed by atoms with van der Waals surface area (Å²) in [6.45, 7) is 6.03. The Bertz CT molecular complexity index is 596. The third-order valence-corrected chi connectivity index (χ3v) is 5.04. The highest BCUT2D eigenvalue weighted by atomic mass is 16.5. The van der Waals surface area contributed by atoms with Crippen molar-refractivity contribution in [1.82, 2.24) is 15.5 Å². The summed E-state index contributed by atoms with van der Waals surface area (Å²) in [4.78, 5) is 6.86. The highest BCUT2D eigenvalue weighted by Gasteiger charge is 2.17. The second-order valence-electron chi connectivity index (χ2n) is 6.77. The van der Waals surface area contributed by atoms with Crippen LogP contribution in [0.1, 0.15) is 31.7 Å². The fraction of sp³-hybridized carbons (Fsp3) is 0.650. The van der Waals surface area contributed by atoms with Crippen molar-refractivity contribution in [2.75, 3.05) is 48.0 Å². The molecule has 0 amide bonds. The number of guanidine groups is 1.